The van der Waals surface area contributed by atoms with Crippen LogP contribution in [0.15, 0.2) is 49.1 Å². The molecule has 34 heavy (non-hydrogen) atoms. The zero-order valence-electron chi connectivity index (χ0n) is 18.8. The van der Waals surface area contributed by atoms with E-state index in [4.69, 9.17) is 9.47 Å². The number of rotatable bonds is 7. The first-order valence-corrected chi connectivity index (χ1v) is 10.7. The molecule has 3 heterocycles. The van der Waals surface area contributed by atoms with Gasteiger partial charge in [0, 0.05) is 42.5 Å². The van der Waals surface area contributed by atoms with Gasteiger partial charge in [-0.1, -0.05) is 0 Å². The molecule has 5 rings (SSSR count). The number of halogens is 2. The summed E-state index contributed by atoms with van der Waals surface area (Å²) in [5.41, 5.74) is 4.38. The lowest BCUT2D eigenvalue weighted by Gasteiger charge is -2.15. The van der Waals surface area contributed by atoms with Gasteiger partial charge in [0.1, 0.15) is 22.7 Å². The number of nitrogens with one attached hydrogen (secondary N) is 1. The molecule has 1 N–H and O–H groups in total. The summed E-state index contributed by atoms with van der Waals surface area (Å²) >= 11 is 0. The van der Waals surface area contributed by atoms with Crippen molar-refractivity contribution in [3.8, 4) is 33.9 Å². The summed E-state index contributed by atoms with van der Waals surface area (Å²) in [6.07, 6.45) is 5.17. The van der Waals surface area contributed by atoms with E-state index in [0.717, 1.165) is 28.0 Å². The molecule has 3 aromatic heterocycles. The second kappa shape index (κ2) is 8.44. The van der Waals surface area contributed by atoms with Gasteiger partial charge in [-0.25, -0.2) is 13.8 Å². The Bertz CT molecular complexity index is 1360. The number of ether oxygens (including phenoxy) is 2. The fraction of sp³-hybridized carbons (Fsp3) is 0.292. The van der Waals surface area contributed by atoms with Crippen molar-refractivity contribution in [1.29, 1.82) is 0 Å². The number of methoxy groups -OCH3 is 2. The molecule has 1 fully saturated rings. The van der Waals surface area contributed by atoms with Crippen LogP contribution >= 0.6 is 0 Å². The molecule has 176 valence electrons. The van der Waals surface area contributed by atoms with Crippen molar-refractivity contribution in [1.82, 2.24) is 24.5 Å². The molecule has 0 saturated heterocycles. The maximum atomic E-state index is 12.9. The van der Waals surface area contributed by atoms with Gasteiger partial charge >= 0.3 is 0 Å². The van der Waals surface area contributed by atoms with E-state index >= 15 is 0 Å². The highest BCUT2D eigenvalue weighted by atomic mass is 19.3. The number of aromatic nitrogens is 4. The number of nitrogens with zero attached hydrogens (tertiary/aromatic N) is 4. The molecule has 8 nitrogen and oxygen atoms in total. The minimum atomic E-state index is -2.45. The van der Waals surface area contributed by atoms with Gasteiger partial charge in [0.25, 0.3) is 5.91 Å². The number of imidazole rings is 1. The number of carbonyl (C=O) groups is 1. The van der Waals surface area contributed by atoms with Gasteiger partial charge in [0.15, 0.2) is 0 Å². The Hall–Kier alpha value is -3.95. The lowest BCUT2D eigenvalue weighted by Crippen LogP contribution is -2.28. The van der Waals surface area contributed by atoms with Crippen molar-refractivity contribution < 1.29 is 23.0 Å². The van der Waals surface area contributed by atoms with E-state index in [2.05, 4.69) is 15.4 Å². The van der Waals surface area contributed by atoms with E-state index in [1.807, 2.05) is 36.0 Å². The van der Waals surface area contributed by atoms with Gasteiger partial charge in [-0.2, -0.15) is 5.10 Å². The monoisotopic (exact) mass is 467 g/mol. The Kier molecular flexibility index (Phi) is 5.43. The molecular weight excluding hydrogens is 444 g/mol. The Morgan fingerprint density at radius 2 is 1.85 bits per heavy atom. The predicted molar refractivity (Wildman–Crippen MR) is 121 cm³/mol. The van der Waals surface area contributed by atoms with Crippen LogP contribution in [0.4, 0.5) is 8.78 Å². The Morgan fingerprint density at radius 3 is 2.44 bits per heavy atom. The predicted octanol–water partition coefficient (Wildman–Crippen LogP) is 3.80. The molecule has 1 saturated carbocycles. The van der Waals surface area contributed by atoms with Crippen molar-refractivity contribution >= 4 is 11.6 Å². The Balaban J connectivity index is 1.50. The van der Waals surface area contributed by atoms with Gasteiger partial charge < -0.3 is 14.8 Å². The number of alkyl halides is 2. The van der Waals surface area contributed by atoms with Crippen LogP contribution in [0.25, 0.3) is 28.0 Å². The first kappa shape index (κ1) is 21.9. The average molecular weight is 467 g/mol. The smallest absolute Gasteiger partial charge is 0.259 e. The number of amides is 1. The van der Waals surface area contributed by atoms with Gasteiger partial charge in [-0.05, 0) is 36.2 Å². The number of aryl methyl sites for hydroxylation is 1. The topological polar surface area (TPSA) is 82.7 Å². The van der Waals surface area contributed by atoms with E-state index in [-0.39, 0.29) is 23.5 Å². The molecule has 4 aromatic rings. The summed E-state index contributed by atoms with van der Waals surface area (Å²) in [7, 11) is 4.76. The first-order chi connectivity index (χ1) is 16.4. The summed E-state index contributed by atoms with van der Waals surface area (Å²) in [6.45, 7) is 0. The normalized spacial score (nSPS) is 17.2. The molecule has 10 heteroatoms. The zero-order chi connectivity index (χ0) is 24.0. The van der Waals surface area contributed by atoms with E-state index in [1.54, 1.807) is 29.2 Å². The molecular formula is C24H23F2N5O3. The molecule has 1 aliphatic rings. The summed E-state index contributed by atoms with van der Waals surface area (Å²) < 4.78 is 40.4. The quantitative estimate of drug-likeness (QED) is 0.447. The minimum absolute atomic E-state index is 0.168. The Morgan fingerprint density at radius 1 is 1.12 bits per heavy atom. The van der Waals surface area contributed by atoms with Crippen LogP contribution in [0.2, 0.25) is 0 Å². The Labute approximate surface area is 194 Å². The fourth-order valence-electron chi connectivity index (χ4n) is 4.13. The molecule has 0 unspecified atom stereocenters. The van der Waals surface area contributed by atoms with Gasteiger partial charge in [-0.3, -0.25) is 13.9 Å². The number of benzene rings is 1. The third-order valence-electron chi connectivity index (χ3n) is 6.06. The van der Waals surface area contributed by atoms with Crippen LogP contribution in [-0.2, 0) is 7.05 Å². The third kappa shape index (κ3) is 3.85. The van der Waals surface area contributed by atoms with Crippen molar-refractivity contribution in [2.75, 3.05) is 14.2 Å². The SMILES string of the molecule is COc1cc(-c2cnc3cc(-c4cnn(C)c4)ccn23)cc(OC)c1C(=O)N[C@H]1C[C@@H]1C(F)F. The van der Waals surface area contributed by atoms with Crippen molar-refractivity contribution in [2.45, 2.75) is 18.9 Å². The second-order valence-electron chi connectivity index (χ2n) is 8.26. The molecule has 0 spiro atoms. The molecule has 2 atom stereocenters. The van der Waals surface area contributed by atoms with Crippen LogP contribution in [-0.4, -0.2) is 51.8 Å². The standard InChI is InChI=1S/C24H23F2N5O3/c1-30-12-15(10-28-30)13-4-5-31-18(11-27-21(31)8-13)14-6-19(33-2)22(20(7-14)34-3)24(32)29-17-9-16(17)23(25)26/h4-8,10-12,16-17,23H,9H2,1-3H3,(H,29,32)/t16-,17-/m0/s1. The number of hydrogen-bond donors (Lipinski definition) is 1. The molecule has 1 aliphatic carbocycles. The molecule has 1 amide bonds. The fourth-order valence-corrected chi connectivity index (χ4v) is 4.13. The van der Waals surface area contributed by atoms with Crippen LogP contribution in [0, 0.1) is 5.92 Å². The van der Waals surface area contributed by atoms with Gasteiger partial charge in [0.05, 0.1) is 32.3 Å². The zero-order valence-corrected chi connectivity index (χ0v) is 18.8. The molecule has 0 aliphatic heterocycles. The number of carbonyl (C=O) groups excluding carboxylic acids is 1. The van der Waals surface area contributed by atoms with Crippen molar-refractivity contribution in [2.24, 2.45) is 13.0 Å². The molecule has 0 bridgehead atoms. The van der Waals surface area contributed by atoms with E-state index in [9.17, 15) is 13.6 Å². The highest BCUT2D eigenvalue weighted by Crippen LogP contribution is 2.39. The summed E-state index contributed by atoms with van der Waals surface area (Å²) in [5.74, 6) is -0.756. The number of pyridine rings is 1. The lowest BCUT2D eigenvalue weighted by molar-refractivity contribution is 0.0920. The molecule has 0 radical (unpaired) electrons. The highest BCUT2D eigenvalue weighted by molar-refractivity contribution is 6.01. The van der Waals surface area contributed by atoms with Crippen LogP contribution < -0.4 is 14.8 Å². The maximum absolute atomic E-state index is 12.9. The van der Waals surface area contributed by atoms with E-state index in [1.165, 1.54) is 14.2 Å². The van der Waals surface area contributed by atoms with Gasteiger partial charge in [0.2, 0.25) is 6.43 Å². The highest BCUT2D eigenvalue weighted by Gasteiger charge is 2.45. The van der Waals surface area contributed by atoms with Crippen LogP contribution in [0.3, 0.4) is 0 Å². The second-order valence-corrected chi connectivity index (χ2v) is 8.26. The summed E-state index contributed by atoms with van der Waals surface area (Å²) in [6, 6.07) is 6.82. The molecule has 1 aromatic carbocycles. The number of fused-ring (bicyclic) bond motifs is 1. The summed E-state index contributed by atoms with van der Waals surface area (Å²) in [5, 5.41) is 6.87. The van der Waals surface area contributed by atoms with Crippen molar-refractivity contribution in [3.05, 3.63) is 54.6 Å². The van der Waals surface area contributed by atoms with Crippen molar-refractivity contribution in [3.63, 3.8) is 0 Å². The number of hydrogen-bond acceptors (Lipinski definition) is 5. The van der Waals surface area contributed by atoms with Gasteiger partial charge in [-0.15, -0.1) is 0 Å². The maximum Gasteiger partial charge on any atom is 0.259 e. The van der Waals surface area contributed by atoms with Crippen LogP contribution in [0.5, 0.6) is 11.5 Å². The minimum Gasteiger partial charge on any atom is -0.496 e. The third-order valence-corrected chi connectivity index (χ3v) is 6.06. The average Bonchev–Trinajstić information content (AvgIpc) is 3.26. The summed E-state index contributed by atoms with van der Waals surface area (Å²) in [4.78, 5) is 17.4. The first-order valence-electron chi connectivity index (χ1n) is 10.7. The largest absolute Gasteiger partial charge is 0.496 e. The van der Waals surface area contributed by atoms with E-state index in [0.29, 0.717) is 0 Å². The van der Waals surface area contributed by atoms with E-state index < -0.39 is 24.3 Å². The van der Waals surface area contributed by atoms with Crippen LogP contribution in [0.1, 0.15) is 16.8 Å². The lowest BCUT2D eigenvalue weighted by atomic mass is 10.1.